The van der Waals surface area contributed by atoms with E-state index in [1.54, 1.807) is 0 Å². The average Bonchev–Trinajstić information content (AvgIpc) is 2.27. The zero-order valence-electron chi connectivity index (χ0n) is 11.1. The maximum Gasteiger partial charge on any atom is 0.0576 e. The standard InChI is InChI=1S/C14H24N2O/c1-11(2)17-9-5-4-8-16-14-10-12(3)6-7-13(14)15/h6-7,10-11,16H,4-5,8-9,15H2,1-3H3. The maximum atomic E-state index is 5.88. The molecular weight excluding hydrogens is 212 g/mol. The molecule has 0 saturated heterocycles. The van der Waals surface area contributed by atoms with Gasteiger partial charge in [0.05, 0.1) is 17.5 Å². The number of nitrogen functional groups attached to an aromatic ring is 1. The molecule has 17 heavy (non-hydrogen) atoms. The van der Waals surface area contributed by atoms with Crippen molar-refractivity contribution < 1.29 is 4.74 Å². The molecule has 96 valence electrons. The zero-order chi connectivity index (χ0) is 12.7. The van der Waals surface area contributed by atoms with Gasteiger partial charge < -0.3 is 15.8 Å². The molecule has 0 saturated carbocycles. The van der Waals surface area contributed by atoms with Crippen molar-refractivity contribution in [2.24, 2.45) is 0 Å². The molecular formula is C14H24N2O. The monoisotopic (exact) mass is 236 g/mol. The van der Waals surface area contributed by atoms with Gasteiger partial charge in [-0.25, -0.2) is 0 Å². The summed E-state index contributed by atoms with van der Waals surface area (Å²) in [6.07, 6.45) is 2.51. The second-order valence-electron chi connectivity index (χ2n) is 4.64. The molecule has 0 aromatic heterocycles. The van der Waals surface area contributed by atoms with Crippen molar-refractivity contribution in [2.75, 3.05) is 24.2 Å². The molecule has 0 heterocycles. The van der Waals surface area contributed by atoms with Gasteiger partial charge in [-0.15, -0.1) is 0 Å². The van der Waals surface area contributed by atoms with Crippen LogP contribution >= 0.6 is 0 Å². The number of benzene rings is 1. The molecule has 1 aromatic rings. The van der Waals surface area contributed by atoms with E-state index in [0.29, 0.717) is 6.10 Å². The Morgan fingerprint density at radius 3 is 2.76 bits per heavy atom. The van der Waals surface area contributed by atoms with Crippen LogP contribution in [0.5, 0.6) is 0 Å². The Morgan fingerprint density at radius 2 is 2.06 bits per heavy atom. The molecule has 3 heteroatoms. The lowest BCUT2D eigenvalue weighted by molar-refractivity contribution is 0.0765. The molecule has 0 aliphatic carbocycles. The summed E-state index contributed by atoms with van der Waals surface area (Å²) >= 11 is 0. The lowest BCUT2D eigenvalue weighted by Gasteiger charge is -2.11. The van der Waals surface area contributed by atoms with E-state index in [4.69, 9.17) is 10.5 Å². The lowest BCUT2D eigenvalue weighted by atomic mass is 10.2. The van der Waals surface area contributed by atoms with Crippen molar-refractivity contribution in [1.29, 1.82) is 0 Å². The van der Waals surface area contributed by atoms with Gasteiger partial charge in [0, 0.05) is 13.2 Å². The number of unbranched alkanes of at least 4 members (excludes halogenated alkanes) is 1. The van der Waals surface area contributed by atoms with Gasteiger partial charge in [-0.3, -0.25) is 0 Å². The first kappa shape index (κ1) is 13.8. The van der Waals surface area contributed by atoms with E-state index in [-0.39, 0.29) is 0 Å². The summed E-state index contributed by atoms with van der Waals surface area (Å²) < 4.78 is 5.48. The molecule has 0 bridgehead atoms. The van der Waals surface area contributed by atoms with E-state index in [2.05, 4.69) is 32.2 Å². The first-order valence-corrected chi connectivity index (χ1v) is 6.31. The van der Waals surface area contributed by atoms with E-state index < -0.39 is 0 Å². The van der Waals surface area contributed by atoms with Gasteiger partial charge in [-0.05, 0) is 51.3 Å². The minimum Gasteiger partial charge on any atom is -0.397 e. The van der Waals surface area contributed by atoms with Crippen molar-refractivity contribution >= 4 is 11.4 Å². The normalized spacial score (nSPS) is 10.8. The quantitative estimate of drug-likeness (QED) is 0.564. The van der Waals surface area contributed by atoms with Crippen LogP contribution in [0.15, 0.2) is 18.2 Å². The van der Waals surface area contributed by atoms with Crippen molar-refractivity contribution in [2.45, 2.75) is 39.7 Å². The number of hydrogen-bond acceptors (Lipinski definition) is 3. The number of ether oxygens (including phenoxy) is 1. The predicted molar refractivity (Wildman–Crippen MR) is 74.4 cm³/mol. The van der Waals surface area contributed by atoms with E-state index >= 15 is 0 Å². The first-order valence-electron chi connectivity index (χ1n) is 6.31. The molecule has 3 N–H and O–H groups in total. The van der Waals surface area contributed by atoms with Crippen molar-refractivity contribution in [1.82, 2.24) is 0 Å². The van der Waals surface area contributed by atoms with E-state index in [0.717, 1.165) is 37.4 Å². The molecule has 0 aliphatic rings. The topological polar surface area (TPSA) is 47.3 Å². The van der Waals surface area contributed by atoms with Crippen molar-refractivity contribution in [3.05, 3.63) is 23.8 Å². The average molecular weight is 236 g/mol. The molecule has 3 nitrogen and oxygen atoms in total. The third kappa shape index (κ3) is 5.59. The van der Waals surface area contributed by atoms with Crippen molar-refractivity contribution in [3.8, 4) is 0 Å². The molecule has 1 rings (SSSR count). The number of rotatable bonds is 7. The third-order valence-corrected chi connectivity index (χ3v) is 2.55. The highest BCUT2D eigenvalue weighted by atomic mass is 16.5. The van der Waals surface area contributed by atoms with Crippen LogP contribution in [0.25, 0.3) is 0 Å². The SMILES string of the molecule is Cc1ccc(N)c(NCCCCOC(C)C)c1. The molecule has 0 atom stereocenters. The van der Waals surface area contributed by atoms with E-state index in [1.165, 1.54) is 5.56 Å². The zero-order valence-corrected chi connectivity index (χ0v) is 11.1. The Hall–Kier alpha value is -1.22. The second kappa shape index (κ2) is 7.17. The summed E-state index contributed by atoms with van der Waals surface area (Å²) in [4.78, 5) is 0. The fourth-order valence-electron chi connectivity index (χ4n) is 1.59. The minimum absolute atomic E-state index is 0.329. The molecule has 0 unspecified atom stereocenters. The number of aryl methyl sites for hydroxylation is 1. The van der Waals surface area contributed by atoms with Crippen LogP contribution in [0, 0.1) is 6.92 Å². The van der Waals surface area contributed by atoms with Crippen LogP contribution in [-0.4, -0.2) is 19.3 Å². The van der Waals surface area contributed by atoms with Gasteiger partial charge in [0.1, 0.15) is 0 Å². The number of nitrogens with one attached hydrogen (secondary N) is 1. The number of hydrogen-bond donors (Lipinski definition) is 2. The summed E-state index contributed by atoms with van der Waals surface area (Å²) in [5, 5.41) is 3.36. The van der Waals surface area contributed by atoms with Gasteiger partial charge in [0.15, 0.2) is 0 Å². The van der Waals surface area contributed by atoms with Gasteiger partial charge >= 0.3 is 0 Å². The Morgan fingerprint density at radius 1 is 1.29 bits per heavy atom. The van der Waals surface area contributed by atoms with Gasteiger partial charge in [-0.2, -0.15) is 0 Å². The van der Waals surface area contributed by atoms with Crippen LogP contribution in [-0.2, 0) is 4.74 Å². The summed E-state index contributed by atoms with van der Waals surface area (Å²) in [7, 11) is 0. The fourth-order valence-corrected chi connectivity index (χ4v) is 1.59. The second-order valence-corrected chi connectivity index (χ2v) is 4.64. The third-order valence-electron chi connectivity index (χ3n) is 2.55. The van der Waals surface area contributed by atoms with Crippen LogP contribution in [0.4, 0.5) is 11.4 Å². The highest BCUT2D eigenvalue weighted by molar-refractivity contribution is 5.66. The molecule has 0 fully saturated rings. The first-order chi connectivity index (χ1) is 8.09. The van der Waals surface area contributed by atoms with Crippen molar-refractivity contribution in [3.63, 3.8) is 0 Å². The van der Waals surface area contributed by atoms with E-state index in [1.807, 2.05) is 12.1 Å². The Kier molecular flexibility index (Phi) is 5.84. The molecule has 0 aliphatic heterocycles. The van der Waals surface area contributed by atoms with Crippen LogP contribution in [0.3, 0.4) is 0 Å². The Labute approximate surface area is 104 Å². The summed E-state index contributed by atoms with van der Waals surface area (Å²) in [5.74, 6) is 0. The highest BCUT2D eigenvalue weighted by Crippen LogP contribution is 2.19. The van der Waals surface area contributed by atoms with Gasteiger partial charge in [0.25, 0.3) is 0 Å². The van der Waals surface area contributed by atoms with Gasteiger partial charge in [-0.1, -0.05) is 6.07 Å². The summed E-state index contributed by atoms with van der Waals surface area (Å²) in [6, 6.07) is 6.05. The van der Waals surface area contributed by atoms with Crippen LogP contribution < -0.4 is 11.1 Å². The summed E-state index contributed by atoms with van der Waals surface area (Å²) in [6.45, 7) is 7.97. The van der Waals surface area contributed by atoms with Crippen LogP contribution in [0.2, 0.25) is 0 Å². The largest absolute Gasteiger partial charge is 0.397 e. The fraction of sp³-hybridized carbons (Fsp3) is 0.571. The number of anilines is 2. The minimum atomic E-state index is 0.329. The molecule has 0 radical (unpaired) electrons. The highest BCUT2D eigenvalue weighted by Gasteiger charge is 1.98. The Bertz CT molecular complexity index is 337. The molecule has 0 amide bonds. The summed E-state index contributed by atoms with van der Waals surface area (Å²) in [5.41, 5.74) is 8.96. The lowest BCUT2D eigenvalue weighted by Crippen LogP contribution is -2.08. The predicted octanol–water partition coefficient (Wildman–Crippen LogP) is 3.19. The number of nitrogens with two attached hydrogens (primary N) is 1. The van der Waals surface area contributed by atoms with Gasteiger partial charge in [0.2, 0.25) is 0 Å². The molecule has 1 aromatic carbocycles. The Balaban J connectivity index is 2.20. The smallest absolute Gasteiger partial charge is 0.0576 e. The van der Waals surface area contributed by atoms with Crippen LogP contribution in [0.1, 0.15) is 32.3 Å². The molecule has 0 spiro atoms. The van der Waals surface area contributed by atoms with E-state index in [9.17, 15) is 0 Å². The maximum absolute atomic E-state index is 5.88.